The summed E-state index contributed by atoms with van der Waals surface area (Å²) in [7, 11) is 3.49. The van der Waals surface area contributed by atoms with Crippen molar-refractivity contribution in [3.8, 4) is 0 Å². The van der Waals surface area contributed by atoms with Gasteiger partial charge in [0, 0.05) is 26.4 Å². The van der Waals surface area contributed by atoms with Gasteiger partial charge in [0.25, 0.3) is 5.91 Å². The van der Waals surface area contributed by atoms with Crippen LogP contribution in [0.1, 0.15) is 11.9 Å². The van der Waals surface area contributed by atoms with Gasteiger partial charge in [-0.3, -0.25) is 4.79 Å². The molecule has 0 aliphatic carbocycles. The highest BCUT2D eigenvalue weighted by molar-refractivity contribution is 5.97. The van der Waals surface area contributed by atoms with E-state index < -0.39 is 0 Å². The SMILES string of the molecule is CN(C)C(=O)c1cc2ccccc2[nH]1.[HH]. The van der Waals surface area contributed by atoms with Gasteiger partial charge in [-0.15, -0.1) is 0 Å². The Bertz CT molecular complexity index is 443. The summed E-state index contributed by atoms with van der Waals surface area (Å²) in [6.07, 6.45) is 0. The monoisotopic (exact) mass is 190 g/mol. The van der Waals surface area contributed by atoms with E-state index in [-0.39, 0.29) is 7.33 Å². The van der Waals surface area contributed by atoms with Gasteiger partial charge in [0.1, 0.15) is 5.69 Å². The lowest BCUT2D eigenvalue weighted by atomic mass is 10.2. The largest absolute Gasteiger partial charge is 0.351 e. The Labute approximate surface area is 83.8 Å². The fourth-order valence-corrected chi connectivity index (χ4v) is 1.43. The molecule has 2 aromatic rings. The first-order valence-electron chi connectivity index (χ1n) is 4.48. The van der Waals surface area contributed by atoms with E-state index in [1.54, 1.807) is 19.0 Å². The van der Waals surface area contributed by atoms with Gasteiger partial charge < -0.3 is 9.88 Å². The number of carbonyl (C=O) groups is 1. The molecule has 0 unspecified atom stereocenters. The van der Waals surface area contributed by atoms with Gasteiger partial charge >= 0.3 is 0 Å². The first-order valence-corrected chi connectivity index (χ1v) is 4.48. The molecular weight excluding hydrogens is 176 g/mol. The summed E-state index contributed by atoms with van der Waals surface area (Å²) >= 11 is 0. The van der Waals surface area contributed by atoms with Crippen LogP contribution >= 0.6 is 0 Å². The van der Waals surface area contributed by atoms with Crippen LogP contribution in [-0.4, -0.2) is 29.9 Å². The number of fused-ring (bicyclic) bond motifs is 1. The van der Waals surface area contributed by atoms with E-state index in [0.717, 1.165) is 10.9 Å². The Morgan fingerprint density at radius 2 is 2.07 bits per heavy atom. The summed E-state index contributed by atoms with van der Waals surface area (Å²) in [6, 6.07) is 9.72. The van der Waals surface area contributed by atoms with Crippen molar-refractivity contribution in [1.29, 1.82) is 0 Å². The molecule has 0 radical (unpaired) electrons. The molecule has 1 aromatic heterocycles. The quantitative estimate of drug-likeness (QED) is 0.734. The molecule has 74 valence electrons. The van der Waals surface area contributed by atoms with Crippen molar-refractivity contribution in [2.75, 3.05) is 14.1 Å². The minimum Gasteiger partial charge on any atom is -0.351 e. The summed E-state index contributed by atoms with van der Waals surface area (Å²) in [5.74, 6) is 0.00111. The predicted molar refractivity (Wildman–Crippen MR) is 58.4 cm³/mol. The topological polar surface area (TPSA) is 36.1 Å². The Morgan fingerprint density at radius 1 is 1.36 bits per heavy atom. The minimum absolute atomic E-state index is 0. The second kappa shape index (κ2) is 3.18. The van der Waals surface area contributed by atoms with Gasteiger partial charge in [0.2, 0.25) is 0 Å². The highest BCUT2D eigenvalue weighted by Crippen LogP contribution is 2.15. The molecule has 0 aliphatic rings. The van der Waals surface area contributed by atoms with Crippen molar-refractivity contribution >= 4 is 16.8 Å². The molecule has 0 saturated carbocycles. The molecule has 3 heteroatoms. The van der Waals surface area contributed by atoms with Crippen molar-refractivity contribution < 1.29 is 6.22 Å². The standard InChI is InChI=1S/C11H12N2O.H2/c1-13(2)11(14)10-7-8-5-3-4-6-9(8)12-10;/h3-7,12H,1-2H3;1H. The number of amides is 1. The van der Waals surface area contributed by atoms with Crippen LogP contribution in [0.5, 0.6) is 0 Å². The second-order valence-electron chi connectivity index (χ2n) is 3.47. The first kappa shape index (κ1) is 8.81. The molecule has 14 heavy (non-hydrogen) atoms. The lowest BCUT2D eigenvalue weighted by Gasteiger charge is -2.07. The molecule has 0 bridgehead atoms. The molecular formula is C11H14N2O. The Kier molecular flexibility index (Phi) is 2.00. The lowest BCUT2D eigenvalue weighted by Crippen LogP contribution is -2.21. The van der Waals surface area contributed by atoms with Crippen molar-refractivity contribution in [2.24, 2.45) is 0 Å². The number of H-pyrrole nitrogens is 1. The average molecular weight is 190 g/mol. The third-order valence-corrected chi connectivity index (χ3v) is 2.17. The average Bonchev–Trinajstić information content (AvgIpc) is 2.59. The molecule has 1 N–H and O–H groups in total. The summed E-state index contributed by atoms with van der Waals surface area (Å²) < 4.78 is 0. The second-order valence-corrected chi connectivity index (χ2v) is 3.47. The third kappa shape index (κ3) is 1.37. The van der Waals surface area contributed by atoms with E-state index in [1.807, 2.05) is 30.3 Å². The molecule has 0 spiro atoms. The van der Waals surface area contributed by atoms with Crippen LogP contribution in [0.3, 0.4) is 0 Å². The maximum absolute atomic E-state index is 11.6. The number of hydrogen-bond acceptors (Lipinski definition) is 1. The van der Waals surface area contributed by atoms with Gasteiger partial charge in [0.15, 0.2) is 0 Å². The van der Waals surface area contributed by atoms with Crippen molar-refractivity contribution in [1.82, 2.24) is 9.88 Å². The van der Waals surface area contributed by atoms with E-state index in [4.69, 9.17) is 0 Å². The predicted octanol–water partition coefficient (Wildman–Crippen LogP) is 2.12. The number of rotatable bonds is 1. The summed E-state index contributed by atoms with van der Waals surface area (Å²) in [5, 5.41) is 1.07. The van der Waals surface area contributed by atoms with Crippen molar-refractivity contribution in [3.63, 3.8) is 0 Å². The number of para-hydroxylation sites is 1. The molecule has 3 nitrogen and oxygen atoms in total. The van der Waals surface area contributed by atoms with Crippen LogP contribution < -0.4 is 0 Å². The molecule has 0 saturated heterocycles. The Morgan fingerprint density at radius 3 is 2.71 bits per heavy atom. The van der Waals surface area contributed by atoms with Crippen LogP contribution in [0.15, 0.2) is 30.3 Å². The molecule has 2 rings (SSSR count). The third-order valence-electron chi connectivity index (χ3n) is 2.17. The number of benzene rings is 1. The zero-order valence-electron chi connectivity index (χ0n) is 8.24. The molecule has 0 atom stereocenters. The van der Waals surface area contributed by atoms with Crippen LogP contribution in [0, 0.1) is 0 Å². The van der Waals surface area contributed by atoms with Crippen LogP contribution in [0.4, 0.5) is 0 Å². The Hall–Kier alpha value is -1.77. The fourth-order valence-electron chi connectivity index (χ4n) is 1.43. The van der Waals surface area contributed by atoms with E-state index in [2.05, 4.69) is 4.98 Å². The highest BCUT2D eigenvalue weighted by Gasteiger charge is 2.10. The van der Waals surface area contributed by atoms with Gasteiger partial charge in [-0.25, -0.2) is 0 Å². The smallest absolute Gasteiger partial charge is 0.269 e. The maximum Gasteiger partial charge on any atom is 0.269 e. The summed E-state index contributed by atoms with van der Waals surface area (Å²) in [4.78, 5) is 16.3. The molecule has 1 aromatic carbocycles. The van der Waals surface area contributed by atoms with Gasteiger partial charge in [-0.2, -0.15) is 0 Å². The lowest BCUT2D eigenvalue weighted by molar-refractivity contribution is 0.0823. The number of aromatic amines is 1. The molecule has 1 heterocycles. The van der Waals surface area contributed by atoms with Gasteiger partial charge in [-0.05, 0) is 12.1 Å². The number of aromatic nitrogens is 1. The van der Waals surface area contributed by atoms with Gasteiger partial charge in [-0.1, -0.05) is 18.2 Å². The molecule has 1 amide bonds. The number of nitrogens with one attached hydrogen (secondary N) is 1. The minimum atomic E-state index is 0. The molecule has 0 fully saturated rings. The van der Waals surface area contributed by atoms with E-state index in [1.165, 1.54) is 0 Å². The number of nitrogens with zero attached hydrogens (tertiary/aromatic N) is 1. The fraction of sp³-hybridized carbons (Fsp3) is 0.182. The zero-order valence-corrected chi connectivity index (χ0v) is 8.24. The van der Waals surface area contributed by atoms with Gasteiger partial charge in [0.05, 0.1) is 0 Å². The summed E-state index contributed by atoms with van der Waals surface area (Å²) in [5.41, 5.74) is 1.63. The van der Waals surface area contributed by atoms with E-state index in [0.29, 0.717) is 5.69 Å². The van der Waals surface area contributed by atoms with Crippen LogP contribution in [-0.2, 0) is 0 Å². The normalized spacial score (nSPS) is 10.4. The van der Waals surface area contributed by atoms with Crippen LogP contribution in [0.25, 0.3) is 10.9 Å². The summed E-state index contributed by atoms with van der Waals surface area (Å²) in [6.45, 7) is 0. The Balaban J connectivity index is 0.00000112. The van der Waals surface area contributed by atoms with Crippen molar-refractivity contribution in [3.05, 3.63) is 36.0 Å². The van der Waals surface area contributed by atoms with Crippen molar-refractivity contribution in [2.45, 2.75) is 0 Å². The van der Waals surface area contributed by atoms with E-state index >= 15 is 0 Å². The highest BCUT2D eigenvalue weighted by atomic mass is 16.2. The zero-order chi connectivity index (χ0) is 10.1. The maximum atomic E-state index is 11.6. The van der Waals surface area contributed by atoms with Crippen LogP contribution in [0.2, 0.25) is 0 Å². The van der Waals surface area contributed by atoms with E-state index in [9.17, 15) is 4.79 Å². The first-order chi connectivity index (χ1) is 6.68. The molecule has 0 aliphatic heterocycles. The number of hydrogen-bond donors (Lipinski definition) is 1. The number of carbonyl (C=O) groups excluding carboxylic acids is 1.